The molecule has 1 aliphatic heterocycles. The lowest BCUT2D eigenvalue weighted by atomic mass is 10.1. The van der Waals surface area contributed by atoms with Crippen LogP contribution in [0.1, 0.15) is 0 Å². The lowest BCUT2D eigenvalue weighted by Gasteiger charge is -2.05. The number of nitrogens with two attached hydrogens (primary N) is 1. The third-order valence-corrected chi connectivity index (χ3v) is 4.02. The van der Waals surface area contributed by atoms with Crippen LogP contribution < -0.4 is 10.5 Å². The van der Waals surface area contributed by atoms with Crippen LogP contribution in [0.4, 0.5) is 5.95 Å². The molecule has 1 aliphatic rings. The predicted molar refractivity (Wildman–Crippen MR) is 64.6 cm³/mol. The molecule has 0 fully saturated rings. The van der Waals surface area contributed by atoms with Crippen molar-refractivity contribution in [1.29, 1.82) is 0 Å². The van der Waals surface area contributed by atoms with Gasteiger partial charge in [0.25, 0.3) is 0 Å². The van der Waals surface area contributed by atoms with Gasteiger partial charge in [-0.05, 0) is 12.1 Å². The average molecular weight is 263 g/mol. The summed E-state index contributed by atoms with van der Waals surface area (Å²) in [5, 5.41) is 0. The Morgan fingerprint density at radius 2 is 2.06 bits per heavy atom. The molecule has 6 nitrogen and oxygen atoms in total. The van der Waals surface area contributed by atoms with Crippen LogP contribution in [0, 0.1) is 0 Å². The monoisotopic (exact) mass is 263 g/mol. The van der Waals surface area contributed by atoms with Crippen LogP contribution in [-0.2, 0) is 9.84 Å². The molecule has 0 saturated carbocycles. The first-order chi connectivity index (χ1) is 8.58. The standard InChI is InChI=1S/C11H9N3O3S/c12-11-13-5-9-10(14-11)7-3-1-2-4-8(7)17-6-18(9,15)16/h1-5H,6H2,(H2,12,13,14). The van der Waals surface area contributed by atoms with Crippen molar-refractivity contribution >= 4 is 15.8 Å². The molecule has 0 unspecified atom stereocenters. The van der Waals surface area contributed by atoms with Gasteiger partial charge < -0.3 is 10.5 Å². The van der Waals surface area contributed by atoms with Crippen LogP contribution >= 0.6 is 0 Å². The lowest BCUT2D eigenvalue weighted by molar-refractivity contribution is 0.380. The molecule has 1 aromatic carbocycles. The van der Waals surface area contributed by atoms with E-state index < -0.39 is 15.8 Å². The number of nitrogens with zero attached hydrogens (tertiary/aromatic N) is 2. The van der Waals surface area contributed by atoms with Gasteiger partial charge in [-0.2, -0.15) is 0 Å². The van der Waals surface area contributed by atoms with Crippen molar-refractivity contribution in [3.8, 4) is 17.0 Å². The van der Waals surface area contributed by atoms with Crippen molar-refractivity contribution in [2.24, 2.45) is 0 Å². The van der Waals surface area contributed by atoms with E-state index in [2.05, 4.69) is 9.97 Å². The Bertz CT molecular complexity index is 728. The van der Waals surface area contributed by atoms with Crippen molar-refractivity contribution in [2.45, 2.75) is 4.90 Å². The summed E-state index contributed by atoms with van der Waals surface area (Å²) in [5.74, 6) is 0.0724. The summed E-state index contributed by atoms with van der Waals surface area (Å²) in [4.78, 5) is 7.80. The molecule has 0 bridgehead atoms. The van der Waals surface area contributed by atoms with Crippen LogP contribution in [0.25, 0.3) is 11.3 Å². The van der Waals surface area contributed by atoms with Gasteiger partial charge in [0.2, 0.25) is 15.8 Å². The first-order valence-corrected chi connectivity index (χ1v) is 6.80. The highest BCUT2D eigenvalue weighted by Crippen LogP contribution is 2.36. The Labute approximate surface area is 103 Å². The van der Waals surface area contributed by atoms with Gasteiger partial charge in [-0.25, -0.2) is 18.4 Å². The SMILES string of the molecule is Nc1ncc2c(n1)-c1ccccc1OCS2(=O)=O. The molecular weight excluding hydrogens is 254 g/mol. The van der Waals surface area contributed by atoms with Crippen molar-refractivity contribution in [1.82, 2.24) is 9.97 Å². The first kappa shape index (κ1) is 11.0. The highest BCUT2D eigenvalue weighted by atomic mass is 32.2. The Hall–Kier alpha value is -2.15. The van der Waals surface area contributed by atoms with E-state index in [1.165, 1.54) is 6.20 Å². The molecule has 7 heteroatoms. The number of rotatable bonds is 0. The van der Waals surface area contributed by atoms with Crippen LogP contribution in [0.3, 0.4) is 0 Å². The fourth-order valence-corrected chi connectivity index (χ4v) is 2.87. The summed E-state index contributed by atoms with van der Waals surface area (Å²) in [6, 6.07) is 6.98. The third kappa shape index (κ3) is 1.60. The minimum Gasteiger partial charge on any atom is -0.477 e. The molecule has 1 aromatic heterocycles. The minimum absolute atomic E-state index is 0.0284. The maximum absolute atomic E-state index is 12.0. The first-order valence-electron chi connectivity index (χ1n) is 5.15. The molecule has 2 N–H and O–H groups in total. The maximum Gasteiger partial charge on any atom is 0.220 e. The molecule has 0 spiro atoms. The lowest BCUT2D eigenvalue weighted by Crippen LogP contribution is -2.12. The number of hydrogen-bond acceptors (Lipinski definition) is 6. The van der Waals surface area contributed by atoms with Gasteiger partial charge >= 0.3 is 0 Å². The smallest absolute Gasteiger partial charge is 0.220 e. The largest absolute Gasteiger partial charge is 0.477 e. The highest BCUT2D eigenvalue weighted by Gasteiger charge is 2.28. The zero-order valence-corrected chi connectivity index (χ0v) is 10.0. The van der Waals surface area contributed by atoms with Crippen LogP contribution in [-0.4, -0.2) is 24.3 Å². The number of ether oxygens (including phenoxy) is 1. The van der Waals surface area contributed by atoms with Crippen LogP contribution in [0.15, 0.2) is 35.4 Å². The maximum atomic E-state index is 12.0. The third-order valence-electron chi connectivity index (χ3n) is 2.62. The van der Waals surface area contributed by atoms with Crippen molar-refractivity contribution in [2.75, 3.05) is 11.7 Å². The molecule has 2 heterocycles. The normalized spacial score (nSPS) is 16.0. The molecular formula is C11H9N3O3S. The second-order valence-electron chi connectivity index (χ2n) is 3.81. The Kier molecular flexibility index (Phi) is 2.24. The number of benzene rings is 1. The van der Waals surface area contributed by atoms with Crippen molar-refractivity contribution < 1.29 is 13.2 Å². The molecule has 0 amide bonds. The summed E-state index contributed by atoms with van der Waals surface area (Å²) >= 11 is 0. The van der Waals surface area contributed by atoms with E-state index in [1.807, 2.05) is 0 Å². The fraction of sp³-hybridized carbons (Fsp3) is 0.0909. The Morgan fingerprint density at radius 1 is 1.28 bits per heavy atom. The number of sulfone groups is 1. The van der Waals surface area contributed by atoms with Gasteiger partial charge in [0, 0.05) is 5.56 Å². The van der Waals surface area contributed by atoms with Crippen LogP contribution in [0.5, 0.6) is 5.75 Å². The van der Waals surface area contributed by atoms with E-state index in [0.717, 1.165) is 0 Å². The van der Waals surface area contributed by atoms with E-state index in [9.17, 15) is 8.42 Å². The van der Waals surface area contributed by atoms with E-state index in [4.69, 9.17) is 10.5 Å². The molecule has 0 saturated heterocycles. The number of aromatic nitrogens is 2. The second-order valence-corrected chi connectivity index (χ2v) is 5.72. The van der Waals surface area contributed by atoms with E-state index in [1.54, 1.807) is 24.3 Å². The van der Waals surface area contributed by atoms with Gasteiger partial charge in [0.05, 0.1) is 11.9 Å². The number of hydrogen-bond donors (Lipinski definition) is 1. The average Bonchev–Trinajstić information content (AvgIpc) is 2.46. The highest BCUT2D eigenvalue weighted by molar-refractivity contribution is 7.91. The van der Waals surface area contributed by atoms with Gasteiger partial charge in [-0.3, -0.25) is 0 Å². The Morgan fingerprint density at radius 3 is 2.89 bits per heavy atom. The molecule has 3 rings (SSSR count). The topological polar surface area (TPSA) is 95.2 Å². The number of fused-ring (bicyclic) bond motifs is 3. The van der Waals surface area contributed by atoms with Gasteiger partial charge in [-0.1, -0.05) is 12.1 Å². The summed E-state index contributed by atoms with van der Waals surface area (Å²) in [6.07, 6.45) is 1.22. The number of anilines is 1. The molecule has 2 aromatic rings. The summed E-state index contributed by atoms with van der Waals surface area (Å²) in [5.41, 5.74) is 6.41. The van der Waals surface area contributed by atoms with E-state index in [0.29, 0.717) is 11.3 Å². The molecule has 0 atom stereocenters. The van der Waals surface area contributed by atoms with Crippen molar-refractivity contribution in [3.63, 3.8) is 0 Å². The predicted octanol–water partition coefficient (Wildman–Crippen LogP) is 0.849. The Balaban J connectivity index is 2.40. The van der Waals surface area contributed by atoms with Crippen molar-refractivity contribution in [3.05, 3.63) is 30.5 Å². The quantitative estimate of drug-likeness (QED) is 0.757. The summed E-state index contributed by atoms with van der Waals surface area (Å²) < 4.78 is 29.3. The second kappa shape index (κ2) is 3.67. The zero-order chi connectivity index (χ0) is 12.8. The van der Waals surface area contributed by atoms with Gasteiger partial charge in [-0.15, -0.1) is 0 Å². The molecule has 0 aliphatic carbocycles. The van der Waals surface area contributed by atoms with Crippen LogP contribution in [0.2, 0.25) is 0 Å². The van der Waals surface area contributed by atoms with Gasteiger partial charge in [0.1, 0.15) is 10.6 Å². The summed E-state index contributed by atoms with van der Waals surface area (Å²) in [6.45, 7) is 0. The van der Waals surface area contributed by atoms with E-state index in [-0.39, 0.29) is 16.5 Å². The van der Waals surface area contributed by atoms with E-state index >= 15 is 0 Å². The zero-order valence-electron chi connectivity index (χ0n) is 9.20. The number of para-hydroxylation sites is 1. The number of nitrogen functional groups attached to an aromatic ring is 1. The summed E-state index contributed by atoms with van der Waals surface area (Å²) in [7, 11) is -3.57. The molecule has 0 radical (unpaired) electrons. The molecule has 18 heavy (non-hydrogen) atoms. The molecule has 92 valence electrons. The fourth-order valence-electron chi connectivity index (χ4n) is 1.80. The van der Waals surface area contributed by atoms with Gasteiger partial charge in [0.15, 0.2) is 5.94 Å². The minimum atomic E-state index is -3.57.